The van der Waals surface area contributed by atoms with Gasteiger partial charge in [-0.2, -0.15) is 0 Å². The lowest BCUT2D eigenvalue weighted by Crippen LogP contribution is -2.10. The van der Waals surface area contributed by atoms with E-state index in [1.165, 1.54) is 6.07 Å². The lowest BCUT2D eigenvalue weighted by atomic mass is 10.2. The summed E-state index contributed by atoms with van der Waals surface area (Å²) in [5.41, 5.74) is 0.795. The molecule has 0 atom stereocenters. The number of benzene rings is 1. The maximum absolute atomic E-state index is 11.3. The molecule has 0 saturated heterocycles. The Balaban J connectivity index is 2.30. The number of aromatic nitrogens is 2. The van der Waals surface area contributed by atoms with Gasteiger partial charge in [-0.1, -0.05) is 18.2 Å². The molecule has 2 aromatic rings. The summed E-state index contributed by atoms with van der Waals surface area (Å²) in [7, 11) is 1.87. The van der Waals surface area contributed by atoms with Crippen molar-refractivity contribution in [3.63, 3.8) is 0 Å². The highest BCUT2D eigenvalue weighted by Gasteiger charge is 2.05. The zero-order valence-electron chi connectivity index (χ0n) is 10.4. The highest BCUT2D eigenvalue weighted by Crippen LogP contribution is 2.22. The predicted molar refractivity (Wildman–Crippen MR) is 68.9 cm³/mol. The van der Waals surface area contributed by atoms with Crippen molar-refractivity contribution in [2.75, 3.05) is 7.05 Å². The van der Waals surface area contributed by atoms with Gasteiger partial charge in [0, 0.05) is 12.1 Å². The summed E-state index contributed by atoms with van der Waals surface area (Å²) in [6, 6.07) is 8.98. The van der Waals surface area contributed by atoms with Crippen LogP contribution >= 0.6 is 0 Å². The van der Waals surface area contributed by atoms with E-state index in [9.17, 15) is 4.79 Å². The summed E-state index contributed by atoms with van der Waals surface area (Å²) in [4.78, 5) is 18.0. The lowest BCUT2D eigenvalue weighted by molar-refractivity contribution is 0.451. The molecule has 0 amide bonds. The van der Waals surface area contributed by atoms with E-state index in [1.54, 1.807) is 6.92 Å². The van der Waals surface area contributed by atoms with Gasteiger partial charge in [0.05, 0.1) is 6.07 Å². The van der Waals surface area contributed by atoms with E-state index in [0.717, 1.165) is 5.56 Å². The summed E-state index contributed by atoms with van der Waals surface area (Å²) >= 11 is 0. The highest BCUT2D eigenvalue weighted by molar-refractivity contribution is 5.35. The van der Waals surface area contributed by atoms with Crippen LogP contribution in [0.5, 0.6) is 11.6 Å². The van der Waals surface area contributed by atoms with Crippen LogP contribution in [0.3, 0.4) is 0 Å². The Morgan fingerprint density at radius 1 is 1.39 bits per heavy atom. The van der Waals surface area contributed by atoms with E-state index in [-0.39, 0.29) is 5.56 Å². The summed E-state index contributed by atoms with van der Waals surface area (Å²) in [5.74, 6) is 1.53. The first kappa shape index (κ1) is 12.3. The van der Waals surface area contributed by atoms with Gasteiger partial charge in [0.1, 0.15) is 11.6 Å². The van der Waals surface area contributed by atoms with Crippen molar-refractivity contribution < 1.29 is 4.74 Å². The molecule has 0 fully saturated rings. The number of hydrogen-bond donors (Lipinski definition) is 2. The molecule has 5 heteroatoms. The molecule has 0 aliphatic heterocycles. The van der Waals surface area contributed by atoms with Crippen LogP contribution in [0.4, 0.5) is 0 Å². The van der Waals surface area contributed by atoms with E-state index >= 15 is 0 Å². The molecule has 94 valence electrons. The number of nitrogens with zero attached hydrogens (tertiary/aromatic N) is 1. The zero-order valence-corrected chi connectivity index (χ0v) is 10.4. The standard InChI is InChI=1S/C13H15N3O2/c1-9-15-12(17)7-13(16-9)18-11-6-4-3-5-10(11)8-14-2/h3-7,14H,8H2,1-2H3,(H,15,16,17). The number of hydrogen-bond acceptors (Lipinski definition) is 4. The molecule has 2 N–H and O–H groups in total. The Bertz CT molecular complexity index is 593. The van der Waals surface area contributed by atoms with Gasteiger partial charge in [-0.3, -0.25) is 4.79 Å². The average Bonchev–Trinajstić information content (AvgIpc) is 2.30. The van der Waals surface area contributed by atoms with E-state index in [2.05, 4.69) is 15.3 Å². The minimum atomic E-state index is -0.219. The average molecular weight is 245 g/mol. The van der Waals surface area contributed by atoms with Gasteiger partial charge in [-0.15, -0.1) is 0 Å². The highest BCUT2D eigenvalue weighted by atomic mass is 16.5. The van der Waals surface area contributed by atoms with Gasteiger partial charge in [0.15, 0.2) is 0 Å². The second-order valence-electron chi connectivity index (χ2n) is 3.91. The molecule has 5 nitrogen and oxygen atoms in total. The number of nitrogens with one attached hydrogen (secondary N) is 2. The van der Waals surface area contributed by atoms with E-state index in [1.807, 2.05) is 31.3 Å². The van der Waals surface area contributed by atoms with E-state index < -0.39 is 0 Å². The largest absolute Gasteiger partial charge is 0.438 e. The number of aromatic amines is 1. The summed E-state index contributed by atoms with van der Waals surface area (Å²) < 4.78 is 5.65. The van der Waals surface area contributed by atoms with Crippen molar-refractivity contribution >= 4 is 0 Å². The Labute approximate surface area is 105 Å². The molecule has 0 aliphatic rings. The van der Waals surface area contributed by atoms with Crippen molar-refractivity contribution in [1.29, 1.82) is 0 Å². The normalized spacial score (nSPS) is 10.3. The molecule has 1 aromatic heterocycles. The summed E-state index contributed by atoms with van der Waals surface area (Å²) in [6.07, 6.45) is 0. The smallest absolute Gasteiger partial charge is 0.254 e. The van der Waals surface area contributed by atoms with Crippen molar-refractivity contribution in [3.05, 3.63) is 52.1 Å². The lowest BCUT2D eigenvalue weighted by Gasteiger charge is -2.09. The molecular formula is C13H15N3O2. The van der Waals surface area contributed by atoms with Crippen molar-refractivity contribution in [1.82, 2.24) is 15.3 Å². The first-order chi connectivity index (χ1) is 8.69. The number of H-pyrrole nitrogens is 1. The van der Waals surface area contributed by atoms with Crippen molar-refractivity contribution in [3.8, 4) is 11.6 Å². The summed E-state index contributed by atoms with van der Waals surface area (Å²) in [5, 5.41) is 3.06. The van der Waals surface area contributed by atoms with Gasteiger partial charge in [0.25, 0.3) is 5.56 Å². The van der Waals surface area contributed by atoms with Crippen LogP contribution in [-0.4, -0.2) is 17.0 Å². The third-order valence-corrected chi connectivity index (χ3v) is 2.39. The minimum absolute atomic E-state index is 0.219. The minimum Gasteiger partial charge on any atom is -0.438 e. The fraction of sp³-hybridized carbons (Fsp3) is 0.231. The SMILES string of the molecule is CNCc1ccccc1Oc1cc(=O)[nH]c(C)n1. The van der Waals surface area contributed by atoms with Crippen LogP contribution in [0.2, 0.25) is 0 Å². The molecule has 0 bridgehead atoms. The molecule has 2 rings (SSSR count). The third-order valence-electron chi connectivity index (χ3n) is 2.39. The van der Waals surface area contributed by atoms with Crippen molar-refractivity contribution in [2.45, 2.75) is 13.5 Å². The van der Waals surface area contributed by atoms with Crippen LogP contribution in [-0.2, 0) is 6.54 Å². The monoisotopic (exact) mass is 245 g/mol. The fourth-order valence-electron chi connectivity index (χ4n) is 1.66. The second kappa shape index (κ2) is 5.46. The zero-order chi connectivity index (χ0) is 13.0. The predicted octanol–water partition coefficient (Wildman–Crippen LogP) is 1.59. The van der Waals surface area contributed by atoms with Crippen LogP contribution in [0.25, 0.3) is 0 Å². The molecule has 0 radical (unpaired) electrons. The molecular weight excluding hydrogens is 230 g/mol. The first-order valence-corrected chi connectivity index (χ1v) is 5.67. The molecule has 1 heterocycles. The Hall–Kier alpha value is -2.14. The van der Waals surface area contributed by atoms with Gasteiger partial charge < -0.3 is 15.0 Å². The molecule has 1 aromatic carbocycles. The maximum Gasteiger partial charge on any atom is 0.254 e. The van der Waals surface area contributed by atoms with E-state index in [0.29, 0.717) is 24.0 Å². The van der Waals surface area contributed by atoms with Crippen molar-refractivity contribution in [2.24, 2.45) is 0 Å². The fourth-order valence-corrected chi connectivity index (χ4v) is 1.66. The van der Waals surface area contributed by atoms with Crippen LogP contribution in [0.1, 0.15) is 11.4 Å². The van der Waals surface area contributed by atoms with Gasteiger partial charge >= 0.3 is 0 Å². The number of para-hydroxylation sites is 1. The number of rotatable bonds is 4. The quantitative estimate of drug-likeness (QED) is 0.858. The Morgan fingerprint density at radius 3 is 2.89 bits per heavy atom. The van der Waals surface area contributed by atoms with Gasteiger partial charge in [-0.05, 0) is 20.0 Å². The van der Waals surface area contributed by atoms with Gasteiger partial charge in [-0.25, -0.2) is 4.98 Å². The Kier molecular flexibility index (Phi) is 3.74. The van der Waals surface area contributed by atoms with Gasteiger partial charge in [0.2, 0.25) is 5.88 Å². The van der Waals surface area contributed by atoms with Crippen LogP contribution in [0, 0.1) is 6.92 Å². The topological polar surface area (TPSA) is 67.0 Å². The number of ether oxygens (including phenoxy) is 1. The molecule has 0 unspecified atom stereocenters. The van der Waals surface area contributed by atoms with Crippen LogP contribution in [0.15, 0.2) is 35.1 Å². The first-order valence-electron chi connectivity index (χ1n) is 5.67. The number of aryl methyl sites for hydroxylation is 1. The molecule has 0 saturated carbocycles. The van der Waals surface area contributed by atoms with E-state index in [4.69, 9.17) is 4.74 Å². The maximum atomic E-state index is 11.3. The summed E-state index contributed by atoms with van der Waals surface area (Å²) in [6.45, 7) is 2.41. The second-order valence-corrected chi connectivity index (χ2v) is 3.91. The van der Waals surface area contributed by atoms with Crippen LogP contribution < -0.4 is 15.6 Å². The molecule has 0 aliphatic carbocycles. The molecule has 0 spiro atoms. The molecule has 18 heavy (non-hydrogen) atoms. The Morgan fingerprint density at radius 2 is 2.17 bits per heavy atom. The third kappa shape index (κ3) is 2.95.